The SMILES string of the molecule is O=C(c1ccnc(NC2CC2)c1)N1CCC[C@@H]1Cc1ccccc1. The van der Waals surface area contributed by atoms with Crippen molar-refractivity contribution in [3.05, 3.63) is 59.8 Å². The normalized spacial score (nSPS) is 20.2. The maximum absolute atomic E-state index is 13.0. The monoisotopic (exact) mass is 321 g/mol. The summed E-state index contributed by atoms with van der Waals surface area (Å²) in [6.07, 6.45) is 7.24. The molecule has 2 fully saturated rings. The lowest BCUT2D eigenvalue weighted by Crippen LogP contribution is -2.36. The highest BCUT2D eigenvalue weighted by Crippen LogP contribution is 2.26. The van der Waals surface area contributed by atoms with Crippen LogP contribution in [0.1, 0.15) is 41.6 Å². The Morgan fingerprint density at radius 1 is 1.17 bits per heavy atom. The van der Waals surface area contributed by atoms with Crippen LogP contribution in [0.15, 0.2) is 48.7 Å². The maximum Gasteiger partial charge on any atom is 0.254 e. The summed E-state index contributed by atoms with van der Waals surface area (Å²) in [4.78, 5) is 19.3. The number of carbonyl (C=O) groups excluding carboxylic acids is 1. The van der Waals surface area contributed by atoms with Crippen molar-refractivity contribution in [2.24, 2.45) is 0 Å². The Labute approximate surface area is 142 Å². The van der Waals surface area contributed by atoms with Gasteiger partial charge in [-0.1, -0.05) is 30.3 Å². The number of benzene rings is 1. The Morgan fingerprint density at radius 3 is 2.79 bits per heavy atom. The number of amides is 1. The smallest absolute Gasteiger partial charge is 0.254 e. The van der Waals surface area contributed by atoms with E-state index in [0.29, 0.717) is 12.1 Å². The van der Waals surface area contributed by atoms with Crippen molar-refractivity contribution in [3.8, 4) is 0 Å². The van der Waals surface area contributed by atoms with Crippen LogP contribution in [0.3, 0.4) is 0 Å². The van der Waals surface area contributed by atoms with Gasteiger partial charge in [-0.3, -0.25) is 4.79 Å². The molecule has 0 radical (unpaired) electrons. The number of rotatable bonds is 5. The second kappa shape index (κ2) is 6.63. The van der Waals surface area contributed by atoms with E-state index in [0.717, 1.165) is 37.2 Å². The summed E-state index contributed by atoms with van der Waals surface area (Å²) in [6.45, 7) is 0.851. The van der Waals surface area contributed by atoms with Crippen LogP contribution in [0.25, 0.3) is 0 Å². The van der Waals surface area contributed by atoms with Crippen LogP contribution in [0.4, 0.5) is 5.82 Å². The van der Waals surface area contributed by atoms with Crippen molar-refractivity contribution in [2.45, 2.75) is 44.2 Å². The van der Waals surface area contributed by atoms with Gasteiger partial charge in [-0.05, 0) is 49.8 Å². The van der Waals surface area contributed by atoms with Gasteiger partial charge in [0.05, 0.1) is 0 Å². The van der Waals surface area contributed by atoms with Crippen molar-refractivity contribution >= 4 is 11.7 Å². The molecule has 1 N–H and O–H groups in total. The summed E-state index contributed by atoms with van der Waals surface area (Å²) in [5, 5.41) is 3.37. The Morgan fingerprint density at radius 2 is 2.00 bits per heavy atom. The maximum atomic E-state index is 13.0. The zero-order valence-electron chi connectivity index (χ0n) is 13.8. The van der Waals surface area contributed by atoms with E-state index >= 15 is 0 Å². The molecular formula is C20H23N3O. The number of likely N-dealkylation sites (tertiary alicyclic amines) is 1. The molecule has 2 aliphatic rings. The van der Waals surface area contributed by atoms with E-state index in [1.165, 1.54) is 18.4 Å². The van der Waals surface area contributed by atoms with E-state index in [-0.39, 0.29) is 5.91 Å². The Kier molecular flexibility index (Phi) is 4.20. The standard InChI is InChI=1S/C20H23N3O/c24-20(16-10-11-21-19(14-16)22-17-8-9-17)23-12-4-7-18(23)13-15-5-2-1-3-6-15/h1-3,5-6,10-11,14,17-18H,4,7-9,12-13H2,(H,21,22)/t18-/m1/s1. The van der Waals surface area contributed by atoms with Crippen LogP contribution in [0, 0.1) is 0 Å². The molecule has 1 amide bonds. The van der Waals surface area contributed by atoms with Crippen LogP contribution >= 0.6 is 0 Å². The van der Waals surface area contributed by atoms with Crippen LogP contribution in [-0.4, -0.2) is 34.4 Å². The lowest BCUT2D eigenvalue weighted by Gasteiger charge is -2.25. The average Bonchev–Trinajstić information content (AvgIpc) is 3.31. The molecule has 4 rings (SSSR count). The van der Waals surface area contributed by atoms with Crippen LogP contribution < -0.4 is 5.32 Å². The van der Waals surface area contributed by atoms with E-state index in [9.17, 15) is 4.79 Å². The lowest BCUT2D eigenvalue weighted by atomic mass is 10.0. The molecular weight excluding hydrogens is 298 g/mol. The zero-order chi connectivity index (χ0) is 16.4. The predicted octanol–water partition coefficient (Wildman–Crippen LogP) is 3.50. The number of anilines is 1. The fraction of sp³-hybridized carbons (Fsp3) is 0.400. The third kappa shape index (κ3) is 3.42. The molecule has 1 saturated carbocycles. The topological polar surface area (TPSA) is 45.2 Å². The van der Waals surface area contributed by atoms with Gasteiger partial charge in [0.15, 0.2) is 0 Å². The number of nitrogens with zero attached hydrogens (tertiary/aromatic N) is 2. The molecule has 1 aromatic carbocycles. The van der Waals surface area contributed by atoms with E-state index in [1.54, 1.807) is 6.20 Å². The fourth-order valence-electron chi connectivity index (χ4n) is 3.45. The second-order valence-electron chi connectivity index (χ2n) is 6.83. The van der Waals surface area contributed by atoms with E-state index in [2.05, 4.69) is 34.6 Å². The first kappa shape index (κ1) is 15.2. The number of hydrogen-bond acceptors (Lipinski definition) is 3. The lowest BCUT2D eigenvalue weighted by molar-refractivity contribution is 0.0736. The van der Waals surface area contributed by atoms with Crippen molar-refractivity contribution in [1.29, 1.82) is 0 Å². The highest BCUT2D eigenvalue weighted by Gasteiger charge is 2.30. The quantitative estimate of drug-likeness (QED) is 0.917. The molecule has 0 bridgehead atoms. The summed E-state index contributed by atoms with van der Waals surface area (Å²) in [5.74, 6) is 0.955. The third-order valence-electron chi connectivity index (χ3n) is 4.89. The Bertz CT molecular complexity index is 712. The average molecular weight is 321 g/mol. The van der Waals surface area contributed by atoms with Gasteiger partial charge in [0.1, 0.15) is 5.82 Å². The molecule has 1 aliphatic carbocycles. The molecule has 1 atom stereocenters. The second-order valence-corrected chi connectivity index (χ2v) is 6.83. The first-order valence-corrected chi connectivity index (χ1v) is 8.87. The number of pyridine rings is 1. The Balaban J connectivity index is 1.48. The molecule has 2 aromatic rings. The number of carbonyl (C=O) groups is 1. The molecule has 4 heteroatoms. The van der Waals surface area contributed by atoms with Crippen LogP contribution in [0.5, 0.6) is 0 Å². The summed E-state index contributed by atoms with van der Waals surface area (Å²) in [7, 11) is 0. The summed E-state index contributed by atoms with van der Waals surface area (Å²) in [5.41, 5.74) is 2.04. The molecule has 4 nitrogen and oxygen atoms in total. The van der Waals surface area contributed by atoms with Gasteiger partial charge in [-0.25, -0.2) is 4.98 Å². The first-order chi connectivity index (χ1) is 11.8. The van der Waals surface area contributed by atoms with Gasteiger partial charge < -0.3 is 10.2 Å². The van der Waals surface area contributed by atoms with Crippen LogP contribution in [0.2, 0.25) is 0 Å². The van der Waals surface area contributed by atoms with E-state index in [4.69, 9.17) is 0 Å². The zero-order valence-corrected chi connectivity index (χ0v) is 13.8. The van der Waals surface area contributed by atoms with Gasteiger partial charge >= 0.3 is 0 Å². The van der Waals surface area contributed by atoms with Gasteiger partial charge in [0.25, 0.3) is 5.91 Å². The van der Waals surface area contributed by atoms with Gasteiger partial charge in [-0.2, -0.15) is 0 Å². The molecule has 124 valence electrons. The molecule has 1 aliphatic heterocycles. The van der Waals surface area contributed by atoms with Crippen molar-refractivity contribution in [1.82, 2.24) is 9.88 Å². The van der Waals surface area contributed by atoms with Gasteiger partial charge in [0, 0.05) is 30.4 Å². The fourth-order valence-corrected chi connectivity index (χ4v) is 3.45. The predicted molar refractivity (Wildman–Crippen MR) is 95.1 cm³/mol. The molecule has 2 heterocycles. The Hall–Kier alpha value is -2.36. The molecule has 24 heavy (non-hydrogen) atoms. The van der Waals surface area contributed by atoms with Crippen LogP contribution in [-0.2, 0) is 6.42 Å². The minimum atomic E-state index is 0.134. The van der Waals surface area contributed by atoms with Crippen molar-refractivity contribution < 1.29 is 4.79 Å². The highest BCUT2D eigenvalue weighted by molar-refractivity contribution is 5.95. The number of nitrogens with one attached hydrogen (secondary N) is 1. The number of aromatic nitrogens is 1. The summed E-state index contributed by atoms with van der Waals surface area (Å²) < 4.78 is 0. The van der Waals surface area contributed by atoms with Gasteiger partial charge in [-0.15, -0.1) is 0 Å². The molecule has 1 saturated heterocycles. The third-order valence-corrected chi connectivity index (χ3v) is 4.89. The summed E-state index contributed by atoms with van der Waals surface area (Å²) in [6, 6.07) is 15.0. The van der Waals surface area contributed by atoms with Crippen molar-refractivity contribution in [2.75, 3.05) is 11.9 Å². The largest absolute Gasteiger partial charge is 0.367 e. The highest BCUT2D eigenvalue weighted by atomic mass is 16.2. The molecule has 0 unspecified atom stereocenters. The summed E-state index contributed by atoms with van der Waals surface area (Å²) >= 11 is 0. The van der Waals surface area contributed by atoms with E-state index < -0.39 is 0 Å². The van der Waals surface area contributed by atoms with E-state index in [1.807, 2.05) is 23.1 Å². The molecule has 0 spiro atoms. The minimum absolute atomic E-state index is 0.134. The minimum Gasteiger partial charge on any atom is -0.367 e. The van der Waals surface area contributed by atoms with Crippen molar-refractivity contribution in [3.63, 3.8) is 0 Å². The first-order valence-electron chi connectivity index (χ1n) is 8.87. The molecule has 1 aromatic heterocycles. The number of hydrogen-bond donors (Lipinski definition) is 1. The van der Waals surface area contributed by atoms with Gasteiger partial charge in [0.2, 0.25) is 0 Å².